The van der Waals surface area contributed by atoms with Gasteiger partial charge in [0.25, 0.3) is 0 Å². The monoisotopic (exact) mass is 466 g/mol. The van der Waals surface area contributed by atoms with Crippen LogP contribution in [0.2, 0.25) is 0 Å². The largest absolute Gasteiger partial charge is 0.388 e. The Hall–Kier alpha value is -4.20. The molecule has 0 radical (unpaired) electrons. The molecule has 2 aromatic carbocycles. The van der Waals surface area contributed by atoms with Gasteiger partial charge < -0.3 is 15.5 Å². The van der Waals surface area contributed by atoms with Crippen molar-refractivity contribution in [2.45, 2.75) is 19.8 Å². The molecule has 0 fully saturated rings. The van der Waals surface area contributed by atoms with Gasteiger partial charge in [-0.05, 0) is 54.0 Å². The van der Waals surface area contributed by atoms with Crippen molar-refractivity contribution < 1.29 is 0 Å². The third kappa shape index (κ3) is 4.01. The van der Waals surface area contributed by atoms with Crippen molar-refractivity contribution in [3.8, 4) is 0 Å². The Kier molecular flexibility index (Phi) is 5.72. The van der Waals surface area contributed by atoms with Crippen LogP contribution in [-0.4, -0.2) is 56.6 Å². The van der Waals surface area contributed by atoms with Crippen molar-refractivity contribution in [3.63, 3.8) is 0 Å². The second-order valence-corrected chi connectivity index (χ2v) is 9.06. The van der Waals surface area contributed by atoms with Gasteiger partial charge in [0.15, 0.2) is 11.7 Å². The molecule has 0 amide bonds. The van der Waals surface area contributed by atoms with Gasteiger partial charge in [0, 0.05) is 56.4 Å². The predicted octanol–water partition coefficient (Wildman–Crippen LogP) is 4.65. The van der Waals surface area contributed by atoms with Gasteiger partial charge >= 0.3 is 0 Å². The minimum absolute atomic E-state index is 0.432. The summed E-state index contributed by atoms with van der Waals surface area (Å²) in [5.74, 6) is 3.72. The first-order chi connectivity index (χ1) is 16.9. The standard InChI is InChI=1S/C27H30N8/c1-16(2)17-10-12-19(21(14-17)28-3)25-30-23-8-7-9-24-31-26(33-27(32-25)35(23)24)20-13-11-18(34(5)6)15-22(20)29-4/h7-16,28-29H,1-6H3. The predicted molar refractivity (Wildman–Crippen MR) is 147 cm³/mol. The summed E-state index contributed by atoms with van der Waals surface area (Å²) in [7, 11) is 7.88. The van der Waals surface area contributed by atoms with Gasteiger partial charge in [-0.3, -0.25) is 0 Å². The molecule has 0 aliphatic carbocycles. The summed E-state index contributed by atoms with van der Waals surface area (Å²) in [6, 6.07) is 12.6. The van der Waals surface area contributed by atoms with Crippen LogP contribution in [0.3, 0.4) is 0 Å². The lowest BCUT2D eigenvalue weighted by atomic mass is 9.99. The quantitative estimate of drug-likeness (QED) is 0.650. The first-order valence-corrected chi connectivity index (χ1v) is 11.7. The Balaban J connectivity index is 1.62. The van der Waals surface area contributed by atoms with E-state index in [1.54, 1.807) is 0 Å². The highest BCUT2D eigenvalue weighted by Crippen LogP contribution is 2.31. The van der Waals surface area contributed by atoms with E-state index in [1.165, 1.54) is 5.56 Å². The summed E-state index contributed by atoms with van der Waals surface area (Å²) in [5.41, 5.74) is 6.16. The fourth-order valence-electron chi connectivity index (χ4n) is 4.22. The smallest absolute Gasteiger partial charge is 0.241 e. The molecule has 8 heteroatoms. The third-order valence-corrected chi connectivity index (χ3v) is 6.25. The maximum absolute atomic E-state index is 4.90. The average molecular weight is 467 g/mol. The molecule has 3 aliphatic rings. The molecule has 0 saturated carbocycles. The summed E-state index contributed by atoms with van der Waals surface area (Å²) in [6.45, 7) is 4.38. The Bertz CT molecular complexity index is 1310. The molecule has 5 rings (SSSR count). The van der Waals surface area contributed by atoms with Crippen molar-refractivity contribution in [1.29, 1.82) is 0 Å². The van der Waals surface area contributed by atoms with E-state index in [2.05, 4.69) is 59.7 Å². The fraction of sp³-hybridized carbons (Fsp3) is 0.259. The van der Waals surface area contributed by atoms with E-state index in [9.17, 15) is 0 Å². The van der Waals surface area contributed by atoms with Crippen LogP contribution in [0.25, 0.3) is 0 Å². The highest BCUT2D eigenvalue weighted by molar-refractivity contribution is 6.26. The number of anilines is 3. The van der Waals surface area contributed by atoms with E-state index in [4.69, 9.17) is 20.0 Å². The molecule has 0 unspecified atom stereocenters. The molecule has 8 nitrogen and oxygen atoms in total. The lowest BCUT2D eigenvalue weighted by Gasteiger charge is -2.32. The molecule has 2 aromatic rings. The highest BCUT2D eigenvalue weighted by Gasteiger charge is 2.32. The number of aliphatic imine (C=N–C) groups is 4. The van der Waals surface area contributed by atoms with Gasteiger partial charge in [0.1, 0.15) is 11.7 Å². The molecule has 0 saturated heterocycles. The SMILES string of the molecule is CNc1cc(C(C)C)ccc1C1=NC2=CC=CC3=NC(c4ccc(N(C)C)cc4NC)=NC(=N1)N23. The van der Waals surface area contributed by atoms with Crippen LogP contribution in [0.4, 0.5) is 17.1 Å². The number of benzene rings is 2. The van der Waals surface area contributed by atoms with Crippen LogP contribution in [0.1, 0.15) is 36.5 Å². The lowest BCUT2D eigenvalue weighted by Crippen LogP contribution is -2.41. The minimum atomic E-state index is 0.432. The van der Waals surface area contributed by atoms with Gasteiger partial charge in [-0.1, -0.05) is 26.0 Å². The van der Waals surface area contributed by atoms with Crippen LogP contribution in [0.15, 0.2) is 80.4 Å². The number of guanidine groups is 1. The number of hydrogen-bond acceptors (Lipinski definition) is 8. The highest BCUT2D eigenvalue weighted by atomic mass is 15.4. The average Bonchev–Trinajstić information content (AvgIpc) is 2.87. The number of allylic oxidation sites excluding steroid dienone is 2. The molecule has 178 valence electrons. The van der Waals surface area contributed by atoms with E-state index in [0.29, 0.717) is 23.5 Å². The van der Waals surface area contributed by atoms with Gasteiger partial charge in [0.05, 0.1) is 0 Å². The zero-order valence-electron chi connectivity index (χ0n) is 21.0. The van der Waals surface area contributed by atoms with E-state index < -0.39 is 0 Å². The van der Waals surface area contributed by atoms with E-state index in [-0.39, 0.29) is 0 Å². The number of hydrogen-bond donors (Lipinski definition) is 2. The molecule has 0 aromatic heterocycles. The van der Waals surface area contributed by atoms with Crippen molar-refractivity contribution >= 4 is 40.5 Å². The molecule has 0 spiro atoms. The molecule has 3 heterocycles. The number of nitrogens with one attached hydrogen (secondary N) is 2. The second-order valence-electron chi connectivity index (χ2n) is 9.06. The Morgan fingerprint density at radius 2 is 1.51 bits per heavy atom. The maximum Gasteiger partial charge on any atom is 0.241 e. The summed E-state index contributed by atoms with van der Waals surface area (Å²) in [5, 5.41) is 6.60. The summed E-state index contributed by atoms with van der Waals surface area (Å²) in [4.78, 5) is 23.5. The molecular formula is C27H30N8. The maximum atomic E-state index is 4.90. The van der Waals surface area contributed by atoms with Crippen molar-refractivity contribution in [2.75, 3.05) is 43.7 Å². The first kappa shape index (κ1) is 22.6. The number of rotatable bonds is 6. The van der Waals surface area contributed by atoms with Crippen LogP contribution >= 0.6 is 0 Å². The van der Waals surface area contributed by atoms with E-state index >= 15 is 0 Å². The van der Waals surface area contributed by atoms with Gasteiger partial charge in [-0.15, -0.1) is 0 Å². The molecule has 35 heavy (non-hydrogen) atoms. The van der Waals surface area contributed by atoms with Crippen LogP contribution in [0.5, 0.6) is 0 Å². The Labute approximate surface area is 206 Å². The van der Waals surface area contributed by atoms with E-state index in [0.717, 1.165) is 39.8 Å². The van der Waals surface area contributed by atoms with Gasteiger partial charge in [-0.2, -0.15) is 9.98 Å². The summed E-state index contributed by atoms with van der Waals surface area (Å²) >= 11 is 0. The van der Waals surface area contributed by atoms with Crippen LogP contribution in [0, 0.1) is 0 Å². The Morgan fingerprint density at radius 1 is 0.829 bits per heavy atom. The zero-order valence-corrected chi connectivity index (χ0v) is 21.0. The normalized spacial score (nSPS) is 16.1. The van der Waals surface area contributed by atoms with Crippen molar-refractivity contribution in [2.24, 2.45) is 20.0 Å². The number of nitrogens with zero attached hydrogens (tertiary/aromatic N) is 6. The molecule has 3 aliphatic heterocycles. The van der Waals surface area contributed by atoms with Gasteiger partial charge in [0.2, 0.25) is 5.96 Å². The zero-order chi connectivity index (χ0) is 24.7. The minimum Gasteiger partial charge on any atom is -0.388 e. The van der Waals surface area contributed by atoms with Crippen LogP contribution in [-0.2, 0) is 0 Å². The third-order valence-electron chi connectivity index (χ3n) is 6.25. The summed E-state index contributed by atoms with van der Waals surface area (Å²) in [6.07, 6.45) is 5.88. The number of amidine groups is 3. The molecular weight excluding hydrogens is 436 g/mol. The van der Waals surface area contributed by atoms with Crippen molar-refractivity contribution in [3.05, 3.63) is 77.1 Å². The molecule has 0 atom stereocenters. The topological polar surface area (TPSA) is 80.0 Å². The van der Waals surface area contributed by atoms with Gasteiger partial charge in [-0.25, -0.2) is 14.9 Å². The van der Waals surface area contributed by atoms with E-state index in [1.807, 2.05) is 57.4 Å². The first-order valence-electron chi connectivity index (χ1n) is 11.7. The second kappa shape index (κ2) is 8.87. The fourth-order valence-corrected chi connectivity index (χ4v) is 4.22. The molecule has 2 N–H and O–H groups in total. The van der Waals surface area contributed by atoms with Crippen molar-refractivity contribution in [1.82, 2.24) is 4.90 Å². The van der Waals surface area contributed by atoms with Crippen LogP contribution < -0.4 is 15.5 Å². The Morgan fingerprint density at radius 3 is 2.20 bits per heavy atom. The molecule has 0 bridgehead atoms. The summed E-state index contributed by atoms with van der Waals surface area (Å²) < 4.78 is 0. The lowest BCUT2D eigenvalue weighted by molar-refractivity contribution is 0.711.